The highest BCUT2D eigenvalue weighted by molar-refractivity contribution is 7.99. The number of nitrogens with zero attached hydrogens (tertiary/aromatic N) is 4. The number of benzene rings is 1. The zero-order valence-corrected chi connectivity index (χ0v) is 22.0. The number of fused-ring (bicyclic) bond motifs is 5. The molecule has 0 bridgehead atoms. The van der Waals surface area contributed by atoms with Crippen LogP contribution in [0.15, 0.2) is 34.2 Å². The van der Waals surface area contributed by atoms with Gasteiger partial charge in [0.1, 0.15) is 4.83 Å². The zero-order valence-electron chi connectivity index (χ0n) is 20.4. The van der Waals surface area contributed by atoms with Crippen LogP contribution < -0.4 is 5.56 Å². The van der Waals surface area contributed by atoms with Gasteiger partial charge in [-0.15, -0.1) is 21.5 Å². The molecule has 5 rings (SSSR count). The van der Waals surface area contributed by atoms with Gasteiger partial charge in [0.15, 0.2) is 5.16 Å². The van der Waals surface area contributed by atoms with Crippen LogP contribution in [0.2, 0.25) is 0 Å². The predicted octanol–water partition coefficient (Wildman–Crippen LogP) is 6.32. The van der Waals surface area contributed by atoms with Crippen molar-refractivity contribution >= 4 is 39.1 Å². The summed E-state index contributed by atoms with van der Waals surface area (Å²) in [5, 5.41) is 10.7. The number of hydrogen-bond donors (Lipinski definition) is 0. The first kappa shape index (κ1) is 23.6. The molecule has 0 atom stereocenters. The Morgan fingerprint density at radius 2 is 2.00 bits per heavy atom. The van der Waals surface area contributed by atoms with E-state index in [-0.39, 0.29) is 11.2 Å². The minimum absolute atomic E-state index is 0.0215. The highest BCUT2D eigenvalue weighted by atomic mass is 32.2. The maximum atomic E-state index is 14.0. The molecule has 0 amide bonds. The van der Waals surface area contributed by atoms with E-state index in [0.717, 1.165) is 55.7 Å². The highest BCUT2D eigenvalue weighted by Gasteiger charge is 2.32. The smallest absolute Gasteiger partial charge is 0.268 e. The number of hydrogen-bond acceptors (Lipinski definition) is 6. The molecule has 0 spiro atoms. The number of thioether (sulfide) groups is 1. The van der Waals surface area contributed by atoms with E-state index in [4.69, 9.17) is 4.74 Å². The minimum Gasteiger partial charge on any atom is -0.370 e. The molecule has 1 aliphatic heterocycles. The van der Waals surface area contributed by atoms with Crippen molar-refractivity contribution in [3.63, 3.8) is 0 Å². The first-order valence-electron chi connectivity index (χ1n) is 12.2. The van der Waals surface area contributed by atoms with E-state index >= 15 is 0 Å². The summed E-state index contributed by atoms with van der Waals surface area (Å²) in [6.07, 6.45) is 6.94. The lowest BCUT2D eigenvalue weighted by molar-refractivity contribution is -0.0379. The number of thiophene rings is 1. The summed E-state index contributed by atoms with van der Waals surface area (Å²) in [6, 6.07) is 8.04. The number of rotatable bonds is 8. The molecule has 4 heterocycles. The van der Waals surface area contributed by atoms with Crippen molar-refractivity contribution in [1.29, 1.82) is 0 Å². The molecule has 0 aliphatic carbocycles. The van der Waals surface area contributed by atoms with Crippen molar-refractivity contribution in [1.82, 2.24) is 19.2 Å². The lowest BCUT2D eigenvalue weighted by Gasteiger charge is -2.29. The maximum Gasteiger partial charge on any atom is 0.268 e. The van der Waals surface area contributed by atoms with Crippen LogP contribution >= 0.6 is 23.1 Å². The van der Waals surface area contributed by atoms with Gasteiger partial charge in [-0.3, -0.25) is 4.79 Å². The number of unbranched alkanes of at least 4 members (excludes halogenated alkanes) is 4. The summed E-state index contributed by atoms with van der Waals surface area (Å²) in [7, 11) is 0. The van der Waals surface area contributed by atoms with Gasteiger partial charge in [-0.25, -0.2) is 8.97 Å². The topological polar surface area (TPSA) is 61.4 Å². The quantitative estimate of drug-likeness (QED) is 0.211. The second-order valence-electron chi connectivity index (χ2n) is 9.77. The SMILES string of the molecule is CCCCCCCSc1nnc2n(-c3cccc(C)c3)c(=O)c3c4c(sc3n12)COC(C)(C)C4. The number of ether oxygens (including phenoxy) is 1. The Bertz CT molecular complexity index is 1400. The molecule has 180 valence electrons. The Kier molecular flexibility index (Phi) is 6.57. The Labute approximate surface area is 208 Å². The maximum absolute atomic E-state index is 14.0. The third-order valence-corrected chi connectivity index (χ3v) is 8.65. The van der Waals surface area contributed by atoms with Gasteiger partial charge in [-0.05, 0) is 50.5 Å². The van der Waals surface area contributed by atoms with E-state index in [1.807, 2.05) is 31.2 Å². The molecule has 34 heavy (non-hydrogen) atoms. The van der Waals surface area contributed by atoms with E-state index in [9.17, 15) is 4.79 Å². The molecular weight excluding hydrogens is 464 g/mol. The molecule has 3 aromatic heterocycles. The van der Waals surface area contributed by atoms with Crippen molar-refractivity contribution in [2.75, 3.05) is 5.75 Å². The van der Waals surface area contributed by atoms with Crippen molar-refractivity contribution in [3.05, 3.63) is 50.6 Å². The molecule has 4 aromatic rings. The highest BCUT2D eigenvalue weighted by Crippen LogP contribution is 2.39. The van der Waals surface area contributed by atoms with Crippen LogP contribution in [0.1, 0.15) is 68.9 Å². The Hall–Kier alpha value is -2.16. The fourth-order valence-corrected chi connectivity index (χ4v) is 6.88. The molecule has 0 saturated carbocycles. The van der Waals surface area contributed by atoms with Crippen molar-refractivity contribution in [3.8, 4) is 5.69 Å². The van der Waals surface area contributed by atoms with Crippen LogP contribution in [-0.2, 0) is 17.8 Å². The van der Waals surface area contributed by atoms with Gasteiger partial charge in [0, 0.05) is 17.1 Å². The standard InChI is InChI=1S/C26H32N4O2S2/c1-5-6-7-8-9-13-33-25-28-27-24-29(18-12-10-11-17(2)14-18)22(31)21-19-15-26(3,4)32-16-20(19)34-23(21)30(24)25/h10-12,14H,5-9,13,15-16H2,1-4H3. The third kappa shape index (κ3) is 4.32. The van der Waals surface area contributed by atoms with E-state index in [1.165, 1.54) is 25.7 Å². The minimum atomic E-state index is -0.292. The Morgan fingerprint density at radius 1 is 1.18 bits per heavy atom. The molecule has 8 heteroatoms. The average molecular weight is 497 g/mol. The second kappa shape index (κ2) is 9.47. The molecule has 1 aromatic carbocycles. The van der Waals surface area contributed by atoms with Gasteiger partial charge in [-0.1, -0.05) is 56.5 Å². The van der Waals surface area contributed by atoms with Gasteiger partial charge in [0.2, 0.25) is 5.78 Å². The van der Waals surface area contributed by atoms with Crippen molar-refractivity contribution < 1.29 is 4.74 Å². The summed E-state index contributed by atoms with van der Waals surface area (Å²) in [5.41, 5.74) is 2.73. The summed E-state index contributed by atoms with van der Waals surface area (Å²) in [6.45, 7) is 9.00. The predicted molar refractivity (Wildman–Crippen MR) is 141 cm³/mol. The molecule has 6 nitrogen and oxygen atoms in total. The first-order chi connectivity index (χ1) is 16.4. The monoisotopic (exact) mass is 496 g/mol. The Balaban J connectivity index is 1.67. The number of aromatic nitrogens is 4. The van der Waals surface area contributed by atoms with Crippen molar-refractivity contribution in [2.45, 2.75) is 83.6 Å². The van der Waals surface area contributed by atoms with Crippen LogP contribution in [0.3, 0.4) is 0 Å². The van der Waals surface area contributed by atoms with Crippen molar-refractivity contribution in [2.24, 2.45) is 0 Å². The van der Waals surface area contributed by atoms with Crippen LogP contribution in [0.5, 0.6) is 0 Å². The van der Waals surface area contributed by atoms with E-state index in [2.05, 4.69) is 35.4 Å². The van der Waals surface area contributed by atoms with E-state index in [0.29, 0.717) is 12.4 Å². The van der Waals surface area contributed by atoms with Gasteiger partial charge < -0.3 is 4.74 Å². The molecule has 0 saturated heterocycles. The molecule has 0 fully saturated rings. The summed E-state index contributed by atoms with van der Waals surface area (Å²) in [5.74, 6) is 1.58. The van der Waals surface area contributed by atoms with Gasteiger partial charge in [0.05, 0.1) is 23.3 Å². The van der Waals surface area contributed by atoms with Gasteiger partial charge >= 0.3 is 0 Å². The van der Waals surface area contributed by atoms with E-state index < -0.39 is 0 Å². The average Bonchev–Trinajstić information content (AvgIpc) is 3.37. The lowest BCUT2D eigenvalue weighted by atomic mass is 9.94. The summed E-state index contributed by atoms with van der Waals surface area (Å²) >= 11 is 3.39. The second-order valence-corrected chi connectivity index (χ2v) is 11.9. The third-order valence-electron chi connectivity index (χ3n) is 6.44. The molecule has 0 radical (unpaired) electrons. The molecular formula is C26H32N4O2S2. The number of aryl methyl sites for hydroxylation is 1. The first-order valence-corrected chi connectivity index (χ1v) is 14.0. The summed E-state index contributed by atoms with van der Waals surface area (Å²) in [4.78, 5) is 16.1. The van der Waals surface area contributed by atoms with Gasteiger partial charge in [0.25, 0.3) is 5.56 Å². The fourth-order valence-electron chi connectivity index (χ4n) is 4.67. The Morgan fingerprint density at radius 3 is 2.79 bits per heavy atom. The van der Waals surface area contributed by atoms with Crippen LogP contribution in [0.25, 0.3) is 21.7 Å². The largest absolute Gasteiger partial charge is 0.370 e. The normalized spacial score (nSPS) is 15.3. The summed E-state index contributed by atoms with van der Waals surface area (Å²) < 4.78 is 9.93. The lowest BCUT2D eigenvalue weighted by Crippen LogP contribution is -2.32. The van der Waals surface area contributed by atoms with Crippen LogP contribution in [-0.4, -0.2) is 30.5 Å². The zero-order chi connectivity index (χ0) is 23.9. The fraction of sp³-hybridized carbons (Fsp3) is 0.500. The van der Waals surface area contributed by atoms with Crippen LogP contribution in [0.4, 0.5) is 0 Å². The van der Waals surface area contributed by atoms with E-state index in [1.54, 1.807) is 27.7 Å². The van der Waals surface area contributed by atoms with Gasteiger partial charge in [-0.2, -0.15) is 0 Å². The molecule has 1 aliphatic rings. The van der Waals surface area contributed by atoms with Crippen LogP contribution in [0, 0.1) is 6.92 Å². The molecule has 0 unspecified atom stereocenters. The molecule has 0 N–H and O–H groups in total.